The van der Waals surface area contributed by atoms with Crippen LogP contribution in [-0.4, -0.2) is 56.7 Å². The summed E-state index contributed by atoms with van der Waals surface area (Å²) in [6.07, 6.45) is 10.1. The summed E-state index contributed by atoms with van der Waals surface area (Å²) in [4.78, 5) is 47.4. The Morgan fingerprint density at radius 2 is 1.65 bits per heavy atom. The van der Waals surface area contributed by atoms with Crippen molar-refractivity contribution < 1.29 is 29.3 Å². The van der Waals surface area contributed by atoms with E-state index in [1.54, 1.807) is 26.2 Å². The molecule has 1 aromatic rings. The van der Waals surface area contributed by atoms with E-state index in [1.165, 1.54) is 5.57 Å². The van der Waals surface area contributed by atoms with Crippen LogP contribution in [0.2, 0.25) is 5.02 Å². The molecule has 5 aliphatic carbocycles. The van der Waals surface area contributed by atoms with E-state index < -0.39 is 28.9 Å². The van der Waals surface area contributed by atoms with Gasteiger partial charge in [-0.1, -0.05) is 65.6 Å². The summed E-state index contributed by atoms with van der Waals surface area (Å²) in [6.45, 7) is 20.3. The number of nitrogens with zero attached hydrogens (tertiary/aromatic N) is 2. The Labute approximate surface area is 315 Å². The second kappa shape index (κ2) is 13.4. The van der Waals surface area contributed by atoms with Crippen molar-refractivity contribution in [3.8, 4) is 0 Å². The summed E-state index contributed by atoms with van der Waals surface area (Å²) < 4.78 is 6.16. The van der Waals surface area contributed by atoms with E-state index >= 15 is 0 Å². The number of aliphatic hydroxyl groups is 1. The minimum absolute atomic E-state index is 0.0341. The molecule has 0 spiro atoms. The van der Waals surface area contributed by atoms with E-state index in [9.17, 15) is 24.6 Å². The van der Waals surface area contributed by atoms with Gasteiger partial charge in [-0.05, 0) is 111 Å². The molecule has 288 valence electrons. The van der Waals surface area contributed by atoms with Crippen molar-refractivity contribution in [3.63, 3.8) is 0 Å². The molecule has 0 aromatic carbocycles. The van der Waals surface area contributed by atoms with Crippen LogP contribution in [0.15, 0.2) is 23.5 Å². The maximum Gasteiger partial charge on any atom is 0.309 e. The van der Waals surface area contributed by atoms with Gasteiger partial charge in [-0.2, -0.15) is 0 Å². The molecule has 1 heterocycles. The van der Waals surface area contributed by atoms with E-state index in [0.29, 0.717) is 42.2 Å². The summed E-state index contributed by atoms with van der Waals surface area (Å²) in [5.41, 5.74) is 0.279. The number of fused-ring (bicyclic) bond motifs is 7. The van der Waals surface area contributed by atoms with Gasteiger partial charge in [-0.25, -0.2) is 9.97 Å². The van der Waals surface area contributed by atoms with E-state index in [0.717, 1.165) is 56.9 Å². The molecule has 52 heavy (non-hydrogen) atoms. The molecule has 6 rings (SSSR count). The zero-order chi connectivity index (χ0) is 38.2. The lowest BCUT2D eigenvalue weighted by molar-refractivity contribution is -0.235. The highest BCUT2D eigenvalue weighted by atomic mass is 35.5. The highest BCUT2D eigenvalue weighted by Gasteiger charge is 2.70. The Morgan fingerprint density at radius 3 is 2.29 bits per heavy atom. The third-order valence-corrected chi connectivity index (χ3v) is 16.0. The molecule has 3 N–H and O–H groups in total. The minimum Gasteiger partial charge on any atom is -0.481 e. The number of halogens is 1. The number of rotatable bonds is 10. The van der Waals surface area contributed by atoms with Crippen molar-refractivity contribution in [2.24, 2.45) is 56.2 Å². The van der Waals surface area contributed by atoms with Gasteiger partial charge < -0.3 is 20.3 Å². The molecule has 4 fully saturated rings. The lowest BCUT2D eigenvalue weighted by atomic mass is 9.33. The molecule has 0 saturated heterocycles. The number of ether oxygens (including phenoxy) is 1. The van der Waals surface area contributed by atoms with Crippen LogP contribution < -0.4 is 5.32 Å². The third kappa shape index (κ3) is 6.07. The number of aromatic nitrogens is 2. The fraction of sp³-hybridized carbons (Fsp3) is 0.786. The van der Waals surface area contributed by atoms with Crippen molar-refractivity contribution in [3.05, 3.63) is 34.4 Å². The largest absolute Gasteiger partial charge is 0.481 e. The number of allylic oxidation sites excluding steroid dienone is 1. The molecular weight excluding hydrogens is 678 g/mol. The molecular formula is C42H62ClN3O6. The summed E-state index contributed by atoms with van der Waals surface area (Å²) in [5.74, 6) is 0.541. The molecule has 0 radical (unpaired) electrons. The van der Waals surface area contributed by atoms with Crippen molar-refractivity contribution in [2.45, 2.75) is 145 Å². The van der Waals surface area contributed by atoms with E-state index in [1.807, 2.05) is 0 Å². The van der Waals surface area contributed by atoms with Crippen molar-refractivity contribution in [1.82, 2.24) is 15.3 Å². The molecule has 9 nitrogen and oxygen atoms in total. The second-order valence-electron chi connectivity index (χ2n) is 19.5. The first kappa shape index (κ1) is 39.3. The summed E-state index contributed by atoms with van der Waals surface area (Å²) in [6, 6.07) is 0. The Morgan fingerprint density at radius 1 is 0.981 bits per heavy atom. The topological polar surface area (TPSA) is 139 Å². The Bertz CT molecular complexity index is 1620. The highest BCUT2D eigenvalue weighted by Crippen LogP contribution is 2.77. The quantitative estimate of drug-likeness (QED) is 0.204. The summed E-state index contributed by atoms with van der Waals surface area (Å²) >= 11 is 5.98. The van der Waals surface area contributed by atoms with Gasteiger partial charge >= 0.3 is 11.9 Å². The Balaban J connectivity index is 1.26. The number of hydrogen-bond acceptors (Lipinski definition) is 8. The number of aliphatic hydroxyl groups excluding tert-OH is 1. The number of hydrogen-bond donors (Lipinski definition) is 3. The van der Waals surface area contributed by atoms with Crippen LogP contribution >= 0.6 is 11.6 Å². The molecule has 4 saturated carbocycles. The minimum atomic E-state index is -1.17. The van der Waals surface area contributed by atoms with E-state index in [2.05, 4.69) is 63.8 Å². The first-order valence-corrected chi connectivity index (χ1v) is 20.1. The second-order valence-corrected chi connectivity index (χ2v) is 20.0. The van der Waals surface area contributed by atoms with Crippen LogP contribution in [0.1, 0.15) is 132 Å². The zero-order valence-electron chi connectivity index (χ0n) is 32.9. The predicted molar refractivity (Wildman–Crippen MR) is 200 cm³/mol. The summed E-state index contributed by atoms with van der Waals surface area (Å²) in [7, 11) is 0. The first-order chi connectivity index (χ1) is 24.1. The lowest BCUT2D eigenvalue weighted by Gasteiger charge is -2.72. The lowest BCUT2D eigenvalue weighted by Crippen LogP contribution is -2.66. The number of carboxylic acid groups (broad SMARTS) is 1. The van der Waals surface area contributed by atoms with Crippen LogP contribution in [0.3, 0.4) is 0 Å². The molecule has 10 heteroatoms. The average molecular weight is 740 g/mol. The fourth-order valence-electron chi connectivity index (χ4n) is 12.9. The van der Waals surface area contributed by atoms with Gasteiger partial charge in [-0.3, -0.25) is 14.4 Å². The fourth-order valence-corrected chi connectivity index (χ4v) is 13.0. The van der Waals surface area contributed by atoms with Gasteiger partial charge in [0.1, 0.15) is 11.9 Å². The number of aliphatic carboxylic acids is 1. The van der Waals surface area contributed by atoms with Crippen molar-refractivity contribution in [2.75, 3.05) is 6.54 Å². The molecule has 1 aromatic heterocycles. The smallest absolute Gasteiger partial charge is 0.309 e. The molecule has 5 aliphatic rings. The first-order valence-electron chi connectivity index (χ1n) is 19.7. The van der Waals surface area contributed by atoms with Gasteiger partial charge in [-0.15, -0.1) is 0 Å². The van der Waals surface area contributed by atoms with Gasteiger partial charge in [0.2, 0.25) is 0 Å². The van der Waals surface area contributed by atoms with Crippen LogP contribution in [-0.2, 0) is 25.7 Å². The standard InChI is InChI=1S/C42H62ClN3O6/c1-24(2)34-27(47)18-42(30(48)22-44-23-32-45-20-25(43)21-46-32)17-16-40(8)26(35(34)42)10-11-29-39(7)14-13-31(52-33(49)19-37(3,4)36(50)51)38(5,6)28(39)12-15-41(29,40)9/h20-21,24,26,28-31,44,48H,10-19,22-23H2,1-9H3,(H,50,51). The van der Waals surface area contributed by atoms with Crippen molar-refractivity contribution >= 4 is 29.3 Å². The van der Waals surface area contributed by atoms with E-state index in [4.69, 9.17) is 16.3 Å². The Kier molecular flexibility index (Phi) is 10.2. The number of nitrogens with one attached hydrogen (secondary N) is 1. The number of ketones is 1. The van der Waals surface area contributed by atoms with E-state index in [-0.39, 0.29) is 51.8 Å². The monoisotopic (exact) mass is 739 g/mol. The van der Waals surface area contributed by atoms with Crippen molar-refractivity contribution in [1.29, 1.82) is 0 Å². The van der Waals surface area contributed by atoms with Gasteiger partial charge in [0.15, 0.2) is 5.78 Å². The highest BCUT2D eigenvalue weighted by molar-refractivity contribution is 6.30. The average Bonchev–Trinajstić information content (AvgIpc) is 3.36. The zero-order valence-corrected chi connectivity index (χ0v) is 33.7. The number of Topliss-reactive ketones (excluding diaryl/α,β-unsaturated/α-hetero) is 1. The summed E-state index contributed by atoms with van der Waals surface area (Å²) in [5, 5.41) is 25.6. The number of carboxylic acids is 1. The number of esters is 1. The molecule has 9 atom stereocenters. The van der Waals surface area contributed by atoms with Crippen LogP contribution in [0.25, 0.3) is 0 Å². The molecule has 0 bridgehead atoms. The SMILES string of the molecule is CC(C)C1=C2C3CCC4C5(C)CCC(OC(=O)CC(C)(C)C(=O)O)C(C)(C)C5CCC4(C)C3(C)CCC2(C(O)CNCc2ncc(Cl)cn2)CC1=O. The third-order valence-electron chi connectivity index (χ3n) is 15.8. The molecule has 9 unspecified atom stereocenters. The normalized spacial score (nSPS) is 37.5. The van der Waals surface area contributed by atoms with Gasteiger partial charge in [0.25, 0.3) is 0 Å². The van der Waals surface area contributed by atoms with Crippen LogP contribution in [0.4, 0.5) is 0 Å². The van der Waals surface area contributed by atoms with Crippen LogP contribution in [0.5, 0.6) is 0 Å². The predicted octanol–water partition coefficient (Wildman–Crippen LogP) is 7.97. The van der Waals surface area contributed by atoms with Gasteiger partial charge in [0.05, 0.1) is 29.5 Å². The number of carbonyl (C=O) groups is 3. The molecule has 0 amide bonds. The molecule has 0 aliphatic heterocycles. The van der Waals surface area contributed by atoms with Crippen LogP contribution in [0, 0.1) is 56.2 Å². The van der Waals surface area contributed by atoms with Gasteiger partial charge in [0, 0.05) is 36.2 Å². The Hall–Kier alpha value is -2.36. The number of carbonyl (C=O) groups excluding carboxylic acids is 2. The maximum absolute atomic E-state index is 14.0. The maximum atomic E-state index is 14.0.